The molecule has 0 aliphatic carbocycles. The third kappa shape index (κ3) is 2.13. The molecule has 2 aliphatic rings. The van der Waals surface area contributed by atoms with Crippen molar-refractivity contribution >= 4 is 11.8 Å². The minimum Gasteiger partial charge on any atom is -0.316 e. The van der Waals surface area contributed by atoms with Crippen LogP contribution >= 0.6 is 11.8 Å². The van der Waals surface area contributed by atoms with Crippen LogP contribution in [0.3, 0.4) is 0 Å². The van der Waals surface area contributed by atoms with Gasteiger partial charge in [-0.2, -0.15) is 0 Å². The highest BCUT2D eigenvalue weighted by molar-refractivity contribution is 7.99. The van der Waals surface area contributed by atoms with Gasteiger partial charge in [0.15, 0.2) is 0 Å². The maximum atomic E-state index is 3.48. The third-order valence-electron chi connectivity index (χ3n) is 4.26. The summed E-state index contributed by atoms with van der Waals surface area (Å²) in [6.45, 7) is 4.80. The van der Waals surface area contributed by atoms with Crippen LogP contribution in [0.5, 0.6) is 0 Å². The molecule has 1 atom stereocenters. The van der Waals surface area contributed by atoms with Crippen molar-refractivity contribution in [1.29, 1.82) is 0 Å². The lowest BCUT2D eigenvalue weighted by molar-refractivity contribution is 0.128. The minimum absolute atomic E-state index is 0.609. The molecule has 0 spiro atoms. The van der Waals surface area contributed by atoms with Crippen LogP contribution in [0.25, 0.3) is 0 Å². The maximum Gasteiger partial charge on any atom is 0.0107 e. The Kier molecular flexibility index (Phi) is 3.18. The fourth-order valence-corrected chi connectivity index (χ4v) is 4.61. The first-order chi connectivity index (χ1) is 8.33. The van der Waals surface area contributed by atoms with E-state index in [-0.39, 0.29) is 0 Å². The average Bonchev–Trinajstić information content (AvgIpc) is 2.70. The van der Waals surface area contributed by atoms with Gasteiger partial charge in [0.1, 0.15) is 0 Å². The van der Waals surface area contributed by atoms with E-state index in [1.165, 1.54) is 43.0 Å². The highest BCUT2D eigenvalue weighted by Crippen LogP contribution is 2.47. The Balaban J connectivity index is 1.74. The molecule has 2 heteroatoms. The van der Waals surface area contributed by atoms with Crippen LogP contribution in [0.4, 0.5) is 0 Å². The van der Waals surface area contributed by atoms with Gasteiger partial charge in [-0.25, -0.2) is 0 Å². The van der Waals surface area contributed by atoms with E-state index < -0.39 is 0 Å². The lowest BCUT2D eigenvalue weighted by atomic mass is 9.70. The Morgan fingerprint density at radius 2 is 2.18 bits per heavy atom. The van der Waals surface area contributed by atoms with Crippen LogP contribution < -0.4 is 5.32 Å². The van der Waals surface area contributed by atoms with Crippen molar-refractivity contribution in [2.45, 2.75) is 37.0 Å². The first kappa shape index (κ1) is 11.6. The third-order valence-corrected chi connectivity index (χ3v) is 5.51. The average molecular weight is 247 g/mol. The second-order valence-electron chi connectivity index (χ2n) is 5.60. The number of fused-ring (bicyclic) bond motifs is 1. The molecule has 1 aromatic rings. The van der Waals surface area contributed by atoms with Crippen LogP contribution in [0.1, 0.15) is 37.7 Å². The van der Waals surface area contributed by atoms with Crippen molar-refractivity contribution in [2.24, 2.45) is 5.41 Å². The molecule has 1 unspecified atom stereocenters. The molecule has 1 saturated heterocycles. The number of rotatable bonds is 4. The largest absolute Gasteiger partial charge is 0.316 e. The number of hydrogen-bond donors (Lipinski definition) is 1. The molecule has 3 rings (SSSR count). The summed E-state index contributed by atoms with van der Waals surface area (Å²) in [5.74, 6) is 2.09. The topological polar surface area (TPSA) is 12.0 Å². The van der Waals surface area contributed by atoms with E-state index in [4.69, 9.17) is 0 Å². The zero-order valence-corrected chi connectivity index (χ0v) is 11.4. The Morgan fingerprint density at radius 3 is 2.88 bits per heavy atom. The highest BCUT2D eigenvalue weighted by atomic mass is 32.2. The van der Waals surface area contributed by atoms with Crippen LogP contribution in [-0.2, 0) is 0 Å². The van der Waals surface area contributed by atoms with Gasteiger partial charge in [-0.1, -0.05) is 31.5 Å². The summed E-state index contributed by atoms with van der Waals surface area (Å²) >= 11 is 2.05. The molecular weight excluding hydrogens is 226 g/mol. The van der Waals surface area contributed by atoms with Gasteiger partial charge >= 0.3 is 0 Å². The van der Waals surface area contributed by atoms with Gasteiger partial charge in [0, 0.05) is 23.7 Å². The van der Waals surface area contributed by atoms with E-state index in [1.807, 2.05) is 11.8 Å². The van der Waals surface area contributed by atoms with Crippen LogP contribution in [0.15, 0.2) is 29.2 Å². The molecule has 17 heavy (non-hydrogen) atoms. The standard InChI is InChI=1S/C15H21NS/c1-2-7-15(10-16-11-15)8-12-9-17-14-6-4-3-5-13(12)14/h3-6,12,16H,2,7-11H2,1H3. The molecule has 1 N–H and O–H groups in total. The predicted molar refractivity (Wildman–Crippen MR) is 74.7 cm³/mol. The summed E-state index contributed by atoms with van der Waals surface area (Å²) in [5.41, 5.74) is 2.22. The molecule has 1 aromatic carbocycles. The smallest absolute Gasteiger partial charge is 0.0107 e. The summed E-state index contributed by atoms with van der Waals surface area (Å²) in [7, 11) is 0. The quantitative estimate of drug-likeness (QED) is 0.871. The lowest BCUT2D eigenvalue weighted by Crippen LogP contribution is -2.54. The number of benzene rings is 1. The summed E-state index contributed by atoms with van der Waals surface area (Å²) in [4.78, 5) is 1.52. The van der Waals surface area contributed by atoms with Crippen molar-refractivity contribution in [3.05, 3.63) is 29.8 Å². The van der Waals surface area contributed by atoms with Gasteiger partial charge in [-0.05, 0) is 35.8 Å². The molecule has 0 saturated carbocycles. The predicted octanol–water partition coefficient (Wildman–Crippen LogP) is 3.66. The van der Waals surface area contributed by atoms with Gasteiger partial charge in [-0.3, -0.25) is 0 Å². The molecule has 0 radical (unpaired) electrons. The first-order valence-corrected chi connectivity index (χ1v) is 7.74. The molecule has 0 bridgehead atoms. The monoisotopic (exact) mass is 247 g/mol. The fraction of sp³-hybridized carbons (Fsp3) is 0.600. The lowest BCUT2D eigenvalue weighted by Gasteiger charge is -2.44. The van der Waals surface area contributed by atoms with Gasteiger partial charge in [0.05, 0.1) is 0 Å². The van der Waals surface area contributed by atoms with Crippen LogP contribution in [-0.4, -0.2) is 18.8 Å². The minimum atomic E-state index is 0.609. The van der Waals surface area contributed by atoms with E-state index in [2.05, 4.69) is 36.5 Å². The Bertz CT molecular complexity index is 398. The number of hydrogen-bond acceptors (Lipinski definition) is 2. The zero-order chi connectivity index (χ0) is 11.7. The van der Waals surface area contributed by atoms with E-state index >= 15 is 0 Å². The van der Waals surface area contributed by atoms with E-state index in [1.54, 1.807) is 5.56 Å². The highest BCUT2D eigenvalue weighted by Gasteiger charge is 2.39. The summed E-state index contributed by atoms with van der Waals surface area (Å²) < 4.78 is 0. The van der Waals surface area contributed by atoms with Gasteiger partial charge in [0.25, 0.3) is 0 Å². The van der Waals surface area contributed by atoms with Crippen molar-refractivity contribution in [3.8, 4) is 0 Å². The Morgan fingerprint density at radius 1 is 1.35 bits per heavy atom. The summed E-state index contributed by atoms with van der Waals surface area (Å²) in [6.07, 6.45) is 4.10. The molecule has 1 nitrogen and oxygen atoms in total. The molecule has 0 amide bonds. The summed E-state index contributed by atoms with van der Waals surface area (Å²) in [6, 6.07) is 8.99. The fourth-order valence-electron chi connectivity index (χ4n) is 3.35. The van der Waals surface area contributed by atoms with Crippen molar-refractivity contribution < 1.29 is 0 Å². The first-order valence-electron chi connectivity index (χ1n) is 6.75. The molecule has 1 fully saturated rings. The summed E-state index contributed by atoms with van der Waals surface area (Å²) in [5, 5.41) is 3.48. The SMILES string of the molecule is CCCC1(CC2CSc3ccccc32)CNC1. The second kappa shape index (κ2) is 4.66. The number of nitrogens with one attached hydrogen (secondary N) is 1. The Hall–Kier alpha value is -0.470. The molecular formula is C15H21NS. The van der Waals surface area contributed by atoms with E-state index in [9.17, 15) is 0 Å². The van der Waals surface area contributed by atoms with Crippen molar-refractivity contribution in [3.63, 3.8) is 0 Å². The van der Waals surface area contributed by atoms with Gasteiger partial charge in [0.2, 0.25) is 0 Å². The molecule has 2 aliphatic heterocycles. The van der Waals surface area contributed by atoms with E-state index in [0.717, 1.165) is 5.92 Å². The number of thioether (sulfide) groups is 1. The normalized spacial score (nSPS) is 25.4. The molecule has 92 valence electrons. The van der Waals surface area contributed by atoms with Crippen LogP contribution in [0, 0.1) is 5.41 Å². The maximum absolute atomic E-state index is 3.48. The molecule has 2 heterocycles. The second-order valence-corrected chi connectivity index (χ2v) is 6.67. The van der Waals surface area contributed by atoms with Gasteiger partial charge in [-0.15, -0.1) is 11.8 Å². The zero-order valence-electron chi connectivity index (χ0n) is 10.5. The van der Waals surface area contributed by atoms with E-state index in [0.29, 0.717) is 5.41 Å². The van der Waals surface area contributed by atoms with Crippen molar-refractivity contribution in [1.82, 2.24) is 5.32 Å². The van der Waals surface area contributed by atoms with Crippen LogP contribution in [0.2, 0.25) is 0 Å². The van der Waals surface area contributed by atoms with Crippen molar-refractivity contribution in [2.75, 3.05) is 18.8 Å². The Labute approximate surface area is 108 Å². The van der Waals surface area contributed by atoms with Gasteiger partial charge < -0.3 is 5.32 Å². The molecule has 0 aromatic heterocycles.